The van der Waals surface area contributed by atoms with Gasteiger partial charge in [0.1, 0.15) is 0 Å². The fourth-order valence-electron chi connectivity index (χ4n) is 1.59. The molecule has 0 saturated heterocycles. The molecule has 2 heterocycles. The largest absolute Gasteiger partial charge is 0.350 e. The molecule has 0 radical (unpaired) electrons. The molecule has 4 nitrogen and oxygen atoms in total. The van der Waals surface area contributed by atoms with Crippen LogP contribution >= 0.6 is 11.3 Å². The maximum Gasteiger partial charge on any atom is 0.203 e. The van der Waals surface area contributed by atoms with Crippen molar-refractivity contribution in [2.24, 2.45) is 0 Å². The lowest BCUT2D eigenvalue weighted by atomic mass is 10.5. The third-order valence-corrected chi connectivity index (χ3v) is 3.15. The Labute approximate surface area is 99.4 Å². The van der Waals surface area contributed by atoms with Crippen molar-refractivity contribution in [1.29, 1.82) is 0 Å². The van der Waals surface area contributed by atoms with E-state index in [4.69, 9.17) is 0 Å². The Bertz CT molecular complexity index is 472. The number of nitrogens with zero attached hydrogens (tertiary/aromatic N) is 3. The smallest absolute Gasteiger partial charge is 0.203 e. The highest BCUT2D eigenvalue weighted by Gasteiger charge is 2.04. The molecular formula is C11H16N4S. The average Bonchev–Trinajstić information content (AvgIpc) is 2.81. The molecule has 2 aromatic heterocycles. The molecular weight excluding hydrogens is 220 g/mol. The maximum absolute atomic E-state index is 4.43. The topological polar surface area (TPSA) is 42.7 Å². The molecule has 0 aliphatic heterocycles. The number of thiazole rings is 1. The van der Waals surface area contributed by atoms with Gasteiger partial charge in [0, 0.05) is 18.1 Å². The highest BCUT2D eigenvalue weighted by atomic mass is 32.1. The van der Waals surface area contributed by atoms with E-state index in [1.165, 1.54) is 0 Å². The minimum Gasteiger partial charge on any atom is -0.350 e. The summed E-state index contributed by atoms with van der Waals surface area (Å²) in [5.41, 5.74) is 2.12. The Kier molecular flexibility index (Phi) is 3.24. The van der Waals surface area contributed by atoms with Crippen LogP contribution in [0.2, 0.25) is 0 Å². The van der Waals surface area contributed by atoms with E-state index < -0.39 is 0 Å². The van der Waals surface area contributed by atoms with Gasteiger partial charge in [-0.2, -0.15) is 0 Å². The van der Waals surface area contributed by atoms with Gasteiger partial charge in [0.05, 0.1) is 22.9 Å². The number of nitrogens with one attached hydrogen (secondary N) is 1. The van der Waals surface area contributed by atoms with Crippen LogP contribution < -0.4 is 5.32 Å². The maximum atomic E-state index is 4.43. The number of aromatic nitrogens is 3. The Morgan fingerprint density at radius 3 is 2.81 bits per heavy atom. The van der Waals surface area contributed by atoms with E-state index in [0.717, 1.165) is 35.4 Å². The van der Waals surface area contributed by atoms with Crippen LogP contribution in [-0.2, 0) is 13.1 Å². The molecule has 2 rings (SSSR count). The molecule has 5 heteroatoms. The first kappa shape index (κ1) is 11.1. The van der Waals surface area contributed by atoms with Crippen molar-refractivity contribution in [3.63, 3.8) is 0 Å². The number of aryl methyl sites for hydroxylation is 3. The quantitative estimate of drug-likeness (QED) is 0.887. The minimum absolute atomic E-state index is 0.737. The fourth-order valence-corrected chi connectivity index (χ4v) is 2.20. The number of rotatable bonds is 4. The normalized spacial score (nSPS) is 10.7. The van der Waals surface area contributed by atoms with Crippen molar-refractivity contribution in [3.05, 3.63) is 28.0 Å². The van der Waals surface area contributed by atoms with Gasteiger partial charge in [0.2, 0.25) is 5.95 Å². The second-order valence-electron chi connectivity index (χ2n) is 3.70. The predicted molar refractivity (Wildman–Crippen MR) is 66.8 cm³/mol. The molecule has 0 aliphatic rings. The second-order valence-corrected chi connectivity index (χ2v) is 4.77. The first-order chi connectivity index (χ1) is 7.69. The van der Waals surface area contributed by atoms with E-state index in [0.29, 0.717) is 0 Å². The molecule has 0 unspecified atom stereocenters. The van der Waals surface area contributed by atoms with Crippen LogP contribution in [0, 0.1) is 13.8 Å². The molecule has 0 aromatic carbocycles. The van der Waals surface area contributed by atoms with Gasteiger partial charge in [0.25, 0.3) is 0 Å². The highest BCUT2D eigenvalue weighted by molar-refractivity contribution is 7.09. The zero-order chi connectivity index (χ0) is 11.5. The van der Waals surface area contributed by atoms with Crippen LogP contribution in [-0.4, -0.2) is 14.5 Å². The Morgan fingerprint density at radius 2 is 2.19 bits per heavy atom. The van der Waals surface area contributed by atoms with Crippen molar-refractivity contribution in [3.8, 4) is 0 Å². The van der Waals surface area contributed by atoms with Crippen molar-refractivity contribution in [1.82, 2.24) is 14.5 Å². The molecule has 0 atom stereocenters. The molecule has 0 saturated carbocycles. The highest BCUT2D eigenvalue weighted by Crippen LogP contribution is 2.12. The van der Waals surface area contributed by atoms with Gasteiger partial charge in [-0.15, -0.1) is 11.3 Å². The molecule has 0 spiro atoms. The van der Waals surface area contributed by atoms with Crippen molar-refractivity contribution >= 4 is 17.3 Å². The summed E-state index contributed by atoms with van der Waals surface area (Å²) in [6.07, 6.45) is 2.05. The molecule has 0 amide bonds. The standard InChI is InChI=1S/C11H16N4S/c1-4-15-6-8(2)13-11(15)12-5-10-7-16-9(3)14-10/h6-7H,4-5H2,1-3H3,(H,12,13). The number of imidazole rings is 1. The van der Waals surface area contributed by atoms with Crippen LogP contribution in [0.3, 0.4) is 0 Å². The summed E-state index contributed by atoms with van der Waals surface area (Å²) in [6.45, 7) is 7.80. The lowest BCUT2D eigenvalue weighted by Gasteiger charge is -2.05. The van der Waals surface area contributed by atoms with Crippen LogP contribution in [0.15, 0.2) is 11.6 Å². The first-order valence-corrected chi connectivity index (χ1v) is 6.25. The monoisotopic (exact) mass is 236 g/mol. The van der Waals surface area contributed by atoms with E-state index in [9.17, 15) is 0 Å². The van der Waals surface area contributed by atoms with E-state index in [1.54, 1.807) is 11.3 Å². The van der Waals surface area contributed by atoms with Gasteiger partial charge in [-0.1, -0.05) is 0 Å². The van der Waals surface area contributed by atoms with Gasteiger partial charge in [-0.25, -0.2) is 9.97 Å². The summed E-state index contributed by atoms with van der Waals surface area (Å²) in [7, 11) is 0. The summed E-state index contributed by atoms with van der Waals surface area (Å²) in [6, 6.07) is 0. The molecule has 16 heavy (non-hydrogen) atoms. The van der Waals surface area contributed by atoms with Gasteiger partial charge in [-0.3, -0.25) is 0 Å². The van der Waals surface area contributed by atoms with Crippen molar-refractivity contribution < 1.29 is 0 Å². The molecule has 0 aliphatic carbocycles. The summed E-state index contributed by atoms with van der Waals surface area (Å²) >= 11 is 1.68. The summed E-state index contributed by atoms with van der Waals surface area (Å²) in [5, 5.41) is 6.49. The van der Waals surface area contributed by atoms with Crippen molar-refractivity contribution in [2.75, 3.05) is 5.32 Å². The summed E-state index contributed by atoms with van der Waals surface area (Å²) in [4.78, 5) is 8.84. The lowest BCUT2D eigenvalue weighted by Crippen LogP contribution is -2.06. The number of hydrogen-bond acceptors (Lipinski definition) is 4. The molecule has 1 N–H and O–H groups in total. The SMILES string of the molecule is CCn1cc(C)nc1NCc1csc(C)n1. The minimum atomic E-state index is 0.737. The zero-order valence-corrected chi connectivity index (χ0v) is 10.6. The fraction of sp³-hybridized carbons (Fsp3) is 0.455. The molecule has 2 aromatic rings. The third-order valence-electron chi connectivity index (χ3n) is 2.33. The van der Waals surface area contributed by atoms with Gasteiger partial charge in [0.15, 0.2) is 0 Å². The average molecular weight is 236 g/mol. The first-order valence-electron chi connectivity index (χ1n) is 5.37. The zero-order valence-electron chi connectivity index (χ0n) is 9.82. The van der Waals surface area contributed by atoms with E-state index in [2.05, 4.69) is 38.4 Å². The van der Waals surface area contributed by atoms with Gasteiger partial charge >= 0.3 is 0 Å². The summed E-state index contributed by atoms with van der Waals surface area (Å²) < 4.78 is 2.11. The van der Waals surface area contributed by atoms with Crippen LogP contribution in [0.1, 0.15) is 23.3 Å². The predicted octanol–water partition coefficient (Wildman–Crippen LogP) is 2.59. The summed E-state index contributed by atoms with van der Waals surface area (Å²) in [5.74, 6) is 0.922. The van der Waals surface area contributed by atoms with Crippen LogP contribution in [0.25, 0.3) is 0 Å². The Morgan fingerprint density at radius 1 is 1.38 bits per heavy atom. The van der Waals surface area contributed by atoms with Gasteiger partial charge in [-0.05, 0) is 20.8 Å². The Hall–Kier alpha value is -1.36. The van der Waals surface area contributed by atoms with Crippen LogP contribution in [0.4, 0.5) is 5.95 Å². The van der Waals surface area contributed by atoms with E-state index in [-0.39, 0.29) is 0 Å². The number of anilines is 1. The van der Waals surface area contributed by atoms with E-state index in [1.807, 2.05) is 13.8 Å². The third kappa shape index (κ3) is 2.41. The van der Waals surface area contributed by atoms with E-state index >= 15 is 0 Å². The van der Waals surface area contributed by atoms with Crippen LogP contribution in [0.5, 0.6) is 0 Å². The van der Waals surface area contributed by atoms with Gasteiger partial charge < -0.3 is 9.88 Å². The number of hydrogen-bond donors (Lipinski definition) is 1. The second kappa shape index (κ2) is 4.65. The van der Waals surface area contributed by atoms with Crippen molar-refractivity contribution in [2.45, 2.75) is 33.9 Å². The molecule has 0 fully saturated rings. The molecule has 0 bridgehead atoms. The lowest BCUT2D eigenvalue weighted by molar-refractivity contribution is 0.761. The Balaban J connectivity index is 2.04. The molecule has 86 valence electrons.